The van der Waals surface area contributed by atoms with Crippen molar-refractivity contribution >= 4 is 17.6 Å². The van der Waals surface area contributed by atoms with Gasteiger partial charge in [-0.2, -0.15) is 5.10 Å². The van der Waals surface area contributed by atoms with Crippen molar-refractivity contribution in [1.29, 1.82) is 0 Å². The fraction of sp³-hybridized carbons (Fsp3) is 0.421. The van der Waals surface area contributed by atoms with E-state index < -0.39 is 5.97 Å². The van der Waals surface area contributed by atoms with E-state index >= 15 is 0 Å². The molecule has 134 valence electrons. The number of nitrogens with one attached hydrogen (secondary N) is 1. The number of carboxylic acid groups (broad SMARTS) is 1. The second kappa shape index (κ2) is 7.51. The number of hydrogen-bond acceptors (Lipinski definition) is 3. The number of aryl methyl sites for hydroxylation is 2. The fourth-order valence-corrected chi connectivity index (χ4v) is 2.76. The minimum atomic E-state index is -1.02. The maximum absolute atomic E-state index is 12.5. The summed E-state index contributed by atoms with van der Waals surface area (Å²) in [4.78, 5) is 23.6. The molecule has 6 nitrogen and oxygen atoms in total. The van der Waals surface area contributed by atoms with Gasteiger partial charge in [0.15, 0.2) is 0 Å². The third-order valence-electron chi connectivity index (χ3n) is 4.17. The van der Waals surface area contributed by atoms with E-state index in [-0.39, 0.29) is 17.9 Å². The van der Waals surface area contributed by atoms with Gasteiger partial charge in [-0.15, -0.1) is 0 Å². The maximum Gasteiger partial charge on any atom is 0.335 e. The molecule has 2 N–H and O–H groups in total. The Morgan fingerprint density at radius 2 is 1.92 bits per heavy atom. The van der Waals surface area contributed by atoms with Gasteiger partial charge in [0.2, 0.25) is 5.91 Å². The van der Waals surface area contributed by atoms with Crippen LogP contribution in [-0.4, -0.2) is 26.8 Å². The van der Waals surface area contributed by atoms with Gasteiger partial charge in [0.1, 0.15) is 0 Å². The van der Waals surface area contributed by atoms with Gasteiger partial charge in [-0.1, -0.05) is 19.9 Å². The number of carboxylic acids is 1. The van der Waals surface area contributed by atoms with E-state index in [0.717, 1.165) is 29.1 Å². The Morgan fingerprint density at radius 1 is 1.24 bits per heavy atom. The first kappa shape index (κ1) is 18.7. The van der Waals surface area contributed by atoms with Crippen molar-refractivity contribution in [3.05, 3.63) is 46.3 Å². The molecule has 0 atom stereocenters. The molecular formula is C19H25N3O3. The van der Waals surface area contributed by atoms with Gasteiger partial charge >= 0.3 is 5.97 Å². The van der Waals surface area contributed by atoms with Gasteiger partial charge in [0.25, 0.3) is 0 Å². The maximum atomic E-state index is 12.5. The quantitative estimate of drug-likeness (QED) is 0.842. The minimum absolute atomic E-state index is 0.151. The molecule has 0 aliphatic rings. The van der Waals surface area contributed by atoms with Gasteiger partial charge in [0.05, 0.1) is 17.7 Å². The van der Waals surface area contributed by atoms with Crippen molar-refractivity contribution < 1.29 is 14.7 Å². The fourth-order valence-electron chi connectivity index (χ4n) is 2.76. The average molecular weight is 343 g/mol. The Balaban J connectivity index is 2.17. The summed E-state index contributed by atoms with van der Waals surface area (Å²) in [5.41, 5.74) is 4.27. The predicted molar refractivity (Wildman–Crippen MR) is 97.0 cm³/mol. The lowest BCUT2D eigenvalue weighted by Gasteiger charge is -2.10. The van der Waals surface area contributed by atoms with Crippen LogP contribution in [0.4, 0.5) is 5.69 Å². The molecule has 1 heterocycles. The Bertz CT molecular complexity index is 806. The SMILES string of the molecule is Cc1ccc(C(=O)O)cc1NC(=O)Cc1c(C)nn(CC(C)C)c1C. The highest BCUT2D eigenvalue weighted by molar-refractivity contribution is 5.95. The van der Waals surface area contributed by atoms with Crippen LogP contribution >= 0.6 is 0 Å². The third-order valence-corrected chi connectivity index (χ3v) is 4.17. The van der Waals surface area contributed by atoms with Gasteiger partial charge in [-0.05, 0) is 44.4 Å². The monoisotopic (exact) mass is 343 g/mol. The number of hydrogen-bond donors (Lipinski definition) is 2. The first-order valence-electron chi connectivity index (χ1n) is 8.35. The zero-order valence-corrected chi connectivity index (χ0v) is 15.4. The molecule has 0 bridgehead atoms. The van der Waals surface area contributed by atoms with Gasteiger partial charge in [-0.3, -0.25) is 9.48 Å². The number of aromatic carboxylic acids is 1. The van der Waals surface area contributed by atoms with Gasteiger partial charge < -0.3 is 10.4 Å². The Morgan fingerprint density at radius 3 is 2.52 bits per heavy atom. The second-order valence-electron chi connectivity index (χ2n) is 6.79. The molecule has 2 rings (SSSR count). The van der Waals surface area contributed by atoms with Crippen LogP contribution in [0.15, 0.2) is 18.2 Å². The standard InChI is InChI=1S/C19H25N3O3/c1-11(2)10-22-14(5)16(13(4)21-22)9-18(23)20-17-8-15(19(24)25)7-6-12(17)3/h6-8,11H,9-10H2,1-5H3,(H,20,23)(H,24,25). The third kappa shape index (κ3) is 4.47. The molecule has 0 saturated carbocycles. The summed E-state index contributed by atoms with van der Waals surface area (Å²) < 4.78 is 1.94. The largest absolute Gasteiger partial charge is 0.478 e. The first-order valence-corrected chi connectivity index (χ1v) is 8.35. The average Bonchev–Trinajstić information content (AvgIpc) is 2.76. The highest BCUT2D eigenvalue weighted by Crippen LogP contribution is 2.19. The van der Waals surface area contributed by atoms with Crippen molar-refractivity contribution in [2.75, 3.05) is 5.32 Å². The van der Waals surface area contributed by atoms with Crippen molar-refractivity contribution in [3.8, 4) is 0 Å². The number of anilines is 1. The van der Waals surface area contributed by atoms with Gasteiger partial charge in [-0.25, -0.2) is 4.79 Å². The number of benzene rings is 1. The van der Waals surface area contributed by atoms with Crippen LogP contribution in [-0.2, 0) is 17.8 Å². The van der Waals surface area contributed by atoms with Crippen molar-refractivity contribution in [2.45, 2.75) is 47.6 Å². The molecule has 0 aliphatic heterocycles. The smallest absolute Gasteiger partial charge is 0.335 e. The van der Waals surface area contributed by atoms with Crippen LogP contribution < -0.4 is 5.32 Å². The Labute approximate surface area is 147 Å². The van der Waals surface area contributed by atoms with E-state index in [1.165, 1.54) is 12.1 Å². The van der Waals surface area contributed by atoms with Crippen LogP contribution in [0.3, 0.4) is 0 Å². The molecule has 0 fully saturated rings. The summed E-state index contributed by atoms with van der Waals surface area (Å²) in [6.07, 6.45) is 0.215. The van der Waals surface area contributed by atoms with Crippen LogP contribution in [0.25, 0.3) is 0 Å². The van der Waals surface area contributed by atoms with E-state index in [9.17, 15) is 9.59 Å². The van der Waals surface area contributed by atoms with Crippen molar-refractivity contribution in [2.24, 2.45) is 5.92 Å². The summed E-state index contributed by atoms with van der Waals surface area (Å²) in [7, 11) is 0. The Kier molecular flexibility index (Phi) is 5.62. The number of rotatable bonds is 6. The summed E-state index contributed by atoms with van der Waals surface area (Å²) in [6, 6.07) is 4.70. The lowest BCUT2D eigenvalue weighted by atomic mass is 10.1. The number of aromatic nitrogens is 2. The molecule has 0 aliphatic carbocycles. The summed E-state index contributed by atoms with van der Waals surface area (Å²) in [5.74, 6) is -0.723. The van der Waals surface area contributed by atoms with Crippen molar-refractivity contribution in [1.82, 2.24) is 9.78 Å². The van der Waals surface area contributed by atoms with Crippen LogP contribution in [0.2, 0.25) is 0 Å². The molecule has 0 saturated heterocycles. The molecular weight excluding hydrogens is 318 g/mol. The van der Waals surface area contributed by atoms with Crippen LogP contribution in [0.5, 0.6) is 0 Å². The highest BCUT2D eigenvalue weighted by Gasteiger charge is 2.16. The van der Waals surface area contributed by atoms with Crippen LogP contribution in [0, 0.1) is 26.7 Å². The Hall–Kier alpha value is -2.63. The summed E-state index contributed by atoms with van der Waals surface area (Å²) in [5, 5.41) is 16.4. The normalized spacial score (nSPS) is 11.0. The molecule has 1 aromatic heterocycles. The molecule has 6 heteroatoms. The van der Waals surface area contributed by atoms with E-state index in [2.05, 4.69) is 24.3 Å². The number of amides is 1. The second-order valence-corrected chi connectivity index (χ2v) is 6.79. The van der Waals surface area contributed by atoms with E-state index in [4.69, 9.17) is 5.11 Å². The molecule has 0 radical (unpaired) electrons. The zero-order valence-electron chi connectivity index (χ0n) is 15.4. The lowest BCUT2D eigenvalue weighted by molar-refractivity contribution is -0.115. The van der Waals surface area contributed by atoms with E-state index in [1.54, 1.807) is 6.07 Å². The molecule has 1 amide bonds. The topological polar surface area (TPSA) is 84.2 Å². The minimum Gasteiger partial charge on any atom is -0.478 e. The van der Waals surface area contributed by atoms with E-state index in [1.807, 2.05) is 25.5 Å². The summed E-state index contributed by atoms with van der Waals surface area (Å²) in [6.45, 7) is 10.8. The zero-order chi connectivity index (χ0) is 18.7. The lowest BCUT2D eigenvalue weighted by Crippen LogP contribution is -2.17. The summed E-state index contributed by atoms with van der Waals surface area (Å²) >= 11 is 0. The molecule has 2 aromatic rings. The molecule has 0 unspecified atom stereocenters. The van der Waals surface area contributed by atoms with Crippen molar-refractivity contribution in [3.63, 3.8) is 0 Å². The first-order chi connectivity index (χ1) is 11.7. The highest BCUT2D eigenvalue weighted by atomic mass is 16.4. The number of carbonyl (C=O) groups is 2. The predicted octanol–water partition coefficient (Wildman–Crippen LogP) is 3.34. The number of carbonyl (C=O) groups excluding carboxylic acids is 1. The van der Waals surface area contributed by atoms with Gasteiger partial charge in [0, 0.05) is 23.5 Å². The van der Waals surface area contributed by atoms with Crippen LogP contribution in [0.1, 0.15) is 46.7 Å². The molecule has 1 aromatic carbocycles. The molecule has 25 heavy (non-hydrogen) atoms. The van der Waals surface area contributed by atoms with E-state index in [0.29, 0.717) is 11.6 Å². The number of nitrogens with zero attached hydrogens (tertiary/aromatic N) is 2. The molecule has 0 spiro atoms.